The summed E-state index contributed by atoms with van der Waals surface area (Å²) in [6.07, 6.45) is 8.82. The molecule has 0 spiro atoms. The minimum atomic E-state index is -0.293. The fourth-order valence-corrected chi connectivity index (χ4v) is 4.90. The number of anilines is 1. The smallest absolute Gasteiger partial charge is 0.341 e. The number of thiocarbonyl (C=S) groups is 1. The molecule has 0 amide bonds. The van der Waals surface area contributed by atoms with E-state index in [1.165, 1.54) is 18.4 Å². The van der Waals surface area contributed by atoms with Gasteiger partial charge in [0.1, 0.15) is 5.00 Å². The van der Waals surface area contributed by atoms with Gasteiger partial charge < -0.3 is 15.4 Å². The van der Waals surface area contributed by atoms with E-state index in [2.05, 4.69) is 31.7 Å². The molecule has 0 aliphatic heterocycles. The Morgan fingerprint density at radius 1 is 1.46 bits per heavy atom. The zero-order valence-electron chi connectivity index (χ0n) is 14.5. The first-order valence-corrected chi connectivity index (χ1v) is 10.6. The van der Waals surface area contributed by atoms with E-state index in [1.807, 2.05) is 10.9 Å². The number of aromatic nitrogens is 2. The molecule has 0 atom stereocenters. The highest BCUT2D eigenvalue weighted by Gasteiger charge is 2.26. The molecular formula is C17H21BrN4O2S2. The number of nitrogens with zero attached hydrogens (tertiary/aromatic N) is 2. The third-order valence-corrected chi connectivity index (χ3v) is 6.10. The highest BCUT2D eigenvalue weighted by atomic mass is 79.9. The van der Waals surface area contributed by atoms with Crippen LogP contribution in [0.5, 0.6) is 0 Å². The number of halogens is 1. The number of fused-ring (bicyclic) bond motifs is 1. The Balaban J connectivity index is 1.56. The van der Waals surface area contributed by atoms with E-state index in [4.69, 9.17) is 17.0 Å². The Labute approximate surface area is 170 Å². The summed E-state index contributed by atoms with van der Waals surface area (Å²) in [6, 6.07) is 0. The number of nitrogens with one attached hydrogen (secondary N) is 2. The van der Waals surface area contributed by atoms with Crippen LogP contribution in [0.4, 0.5) is 5.00 Å². The van der Waals surface area contributed by atoms with Crippen molar-refractivity contribution in [3.05, 3.63) is 32.9 Å². The monoisotopic (exact) mass is 456 g/mol. The van der Waals surface area contributed by atoms with Crippen molar-refractivity contribution in [3.63, 3.8) is 0 Å². The minimum absolute atomic E-state index is 0.293. The van der Waals surface area contributed by atoms with Gasteiger partial charge in [-0.05, 0) is 65.8 Å². The van der Waals surface area contributed by atoms with Gasteiger partial charge in [-0.2, -0.15) is 5.10 Å². The minimum Gasteiger partial charge on any atom is -0.465 e. The Morgan fingerprint density at radius 2 is 2.27 bits per heavy atom. The highest BCUT2D eigenvalue weighted by molar-refractivity contribution is 9.10. The zero-order chi connectivity index (χ0) is 18.5. The highest BCUT2D eigenvalue weighted by Crippen LogP contribution is 2.38. The first kappa shape index (κ1) is 19.3. The second-order valence-electron chi connectivity index (χ2n) is 6.06. The number of esters is 1. The van der Waals surface area contributed by atoms with Gasteiger partial charge in [-0.3, -0.25) is 4.68 Å². The maximum Gasteiger partial charge on any atom is 0.341 e. The molecule has 2 aromatic rings. The molecule has 0 saturated heterocycles. The third kappa shape index (κ3) is 4.63. The average molecular weight is 457 g/mol. The molecule has 2 N–H and O–H groups in total. The Morgan fingerprint density at radius 3 is 3.00 bits per heavy atom. The molecule has 3 rings (SSSR count). The van der Waals surface area contributed by atoms with Gasteiger partial charge in [-0.1, -0.05) is 0 Å². The van der Waals surface area contributed by atoms with Crippen molar-refractivity contribution in [2.75, 3.05) is 19.0 Å². The van der Waals surface area contributed by atoms with Crippen LogP contribution < -0.4 is 10.6 Å². The molecule has 2 aromatic heterocycles. The van der Waals surface area contributed by atoms with E-state index in [0.29, 0.717) is 10.7 Å². The summed E-state index contributed by atoms with van der Waals surface area (Å²) in [6.45, 7) is 1.53. The topological polar surface area (TPSA) is 68.2 Å². The van der Waals surface area contributed by atoms with Gasteiger partial charge in [0.05, 0.1) is 23.3 Å². The number of methoxy groups -OCH3 is 1. The molecule has 0 aromatic carbocycles. The molecule has 2 heterocycles. The van der Waals surface area contributed by atoms with Gasteiger partial charge in [0, 0.05) is 24.2 Å². The predicted molar refractivity (Wildman–Crippen MR) is 111 cm³/mol. The van der Waals surface area contributed by atoms with Gasteiger partial charge in [0.25, 0.3) is 0 Å². The van der Waals surface area contributed by atoms with E-state index in [1.54, 1.807) is 17.5 Å². The number of thiophene rings is 1. The molecule has 0 saturated carbocycles. The summed E-state index contributed by atoms with van der Waals surface area (Å²) >= 11 is 10.4. The van der Waals surface area contributed by atoms with Crippen molar-refractivity contribution >= 4 is 55.6 Å². The van der Waals surface area contributed by atoms with E-state index in [0.717, 1.165) is 53.8 Å². The number of hydrogen-bond donors (Lipinski definition) is 2. The van der Waals surface area contributed by atoms with E-state index in [9.17, 15) is 4.79 Å². The summed E-state index contributed by atoms with van der Waals surface area (Å²) in [7, 11) is 1.42. The number of carbonyl (C=O) groups excluding carboxylic acids is 1. The standard InChI is InChI=1S/C17H21BrN4O2S2/c1-24-16(23)14-12-5-2-3-6-13(12)26-15(14)21-17(25)19-7-4-8-22-10-11(18)9-20-22/h9-10H,2-8H2,1H3,(H2,19,21,25). The molecule has 1 aliphatic carbocycles. The fraction of sp³-hybridized carbons (Fsp3) is 0.471. The molecule has 0 fully saturated rings. The van der Waals surface area contributed by atoms with E-state index >= 15 is 0 Å². The Kier molecular flexibility index (Phi) is 6.66. The maximum absolute atomic E-state index is 12.2. The Bertz CT molecular complexity index is 803. The van der Waals surface area contributed by atoms with Crippen LogP contribution in [0, 0.1) is 0 Å². The van der Waals surface area contributed by atoms with Crippen LogP contribution in [-0.4, -0.2) is 34.5 Å². The number of aryl methyl sites for hydroxylation is 2. The van der Waals surface area contributed by atoms with Crippen LogP contribution in [0.2, 0.25) is 0 Å². The van der Waals surface area contributed by atoms with Gasteiger partial charge in [0.15, 0.2) is 5.11 Å². The lowest BCUT2D eigenvalue weighted by Gasteiger charge is -2.12. The van der Waals surface area contributed by atoms with Crippen molar-refractivity contribution in [1.82, 2.24) is 15.1 Å². The second kappa shape index (κ2) is 8.96. The molecule has 6 nitrogen and oxygen atoms in total. The van der Waals surface area contributed by atoms with Crippen molar-refractivity contribution in [2.24, 2.45) is 0 Å². The molecule has 0 bridgehead atoms. The van der Waals surface area contributed by atoms with Crippen LogP contribution in [-0.2, 0) is 24.1 Å². The first-order valence-electron chi connectivity index (χ1n) is 8.54. The lowest BCUT2D eigenvalue weighted by atomic mass is 9.95. The summed E-state index contributed by atoms with van der Waals surface area (Å²) < 4.78 is 7.83. The number of hydrogen-bond acceptors (Lipinski definition) is 5. The molecule has 140 valence electrons. The van der Waals surface area contributed by atoms with E-state index < -0.39 is 0 Å². The lowest BCUT2D eigenvalue weighted by molar-refractivity contribution is 0.0601. The SMILES string of the molecule is COC(=O)c1c(NC(=S)NCCCn2cc(Br)cn2)sc2c1CCCC2. The fourth-order valence-electron chi connectivity index (χ4n) is 3.02. The summed E-state index contributed by atoms with van der Waals surface area (Å²) in [4.78, 5) is 13.5. The van der Waals surface area contributed by atoms with Crippen molar-refractivity contribution in [2.45, 2.75) is 38.6 Å². The van der Waals surface area contributed by atoms with Gasteiger partial charge >= 0.3 is 5.97 Å². The lowest BCUT2D eigenvalue weighted by Crippen LogP contribution is -2.30. The number of ether oxygens (including phenoxy) is 1. The summed E-state index contributed by atoms with van der Waals surface area (Å²) in [5.41, 5.74) is 1.78. The summed E-state index contributed by atoms with van der Waals surface area (Å²) in [5.74, 6) is -0.293. The first-order chi connectivity index (χ1) is 12.6. The number of rotatable bonds is 6. The van der Waals surface area contributed by atoms with Crippen molar-refractivity contribution < 1.29 is 9.53 Å². The molecule has 26 heavy (non-hydrogen) atoms. The molecule has 1 aliphatic rings. The quantitative estimate of drug-likeness (QED) is 0.391. The zero-order valence-corrected chi connectivity index (χ0v) is 17.7. The third-order valence-electron chi connectivity index (χ3n) is 4.24. The number of carbonyl (C=O) groups is 1. The predicted octanol–water partition coefficient (Wildman–Crippen LogP) is 3.75. The van der Waals surface area contributed by atoms with Crippen LogP contribution in [0.25, 0.3) is 0 Å². The molecule has 9 heteroatoms. The molecule has 0 radical (unpaired) electrons. The van der Waals surface area contributed by atoms with Crippen LogP contribution in [0.3, 0.4) is 0 Å². The second-order valence-corrected chi connectivity index (χ2v) is 8.49. The van der Waals surface area contributed by atoms with Crippen LogP contribution >= 0.6 is 39.5 Å². The molecule has 0 unspecified atom stereocenters. The van der Waals surface area contributed by atoms with Crippen LogP contribution in [0.1, 0.15) is 40.1 Å². The Hall–Kier alpha value is -1.45. The maximum atomic E-state index is 12.2. The molecular weight excluding hydrogens is 436 g/mol. The summed E-state index contributed by atoms with van der Waals surface area (Å²) in [5, 5.41) is 11.9. The van der Waals surface area contributed by atoms with Crippen molar-refractivity contribution in [1.29, 1.82) is 0 Å². The largest absolute Gasteiger partial charge is 0.465 e. The normalized spacial score (nSPS) is 13.2. The van der Waals surface area contributed by atoms with Crippen molar-refractivity contribution in [3.8, 4) is 0 Å². The van der Waals surface area contributed by atoms with Gasteiger partial charge in [-0.25, -0.2) is 4.79 Å². The average Bonchev–Trinajstić information content (AvgIpc) is 3.21. The van der Waals surface area contributed by atoms with Gasteiger partial charge in [-0.15, -0.1) is 11.3 Å². The van der Waals surface area contributed by atoms with Gasteiger partial charge in [0.2, 0.25) is 0 Å². The van der Waals surface area contributed by atoms with E-state index in [-0.39, 0.29) is 5.97 Å². The van der Waals surface area contributed by atoms with Crippen LogP contribution in [0.15, 0.2) is 16.9 Å².